The Hall–Kier alpha value is -0.850. The van der Waals surface area contributed by atoms with Crippen LogP contribution in [0.4, 0.5) is 0 Å². The quantitative estimate of drug-likeness (QED) is 0.377. The number of ether oxygens (including phenoxy) is 3. The maximum absolute atomic E-state index is 5.92. The number of nitrogens with one attached hydrogen (secondary N) is 2. The average Bonchev–Trinajstić information content (AvgIpc) is 3.07. The first-order valence-corrected chi connectivity index (χ1v) is 10.0. The number of rotatable bonds is 9. The van der Waals surface area contributed by atoms with Crippen LogP contribution in [0.2, 0.25) is 0 Å². The molecule has 3 fully saturated rings. The summed E-state index contributed by atoms with van der Waals surface area (Å²) in [4.78, 5) is 4.38. The molecule has 3 atom stereocenters. The number of nitrogens with zero attached hydrogens (tertiary/aromatic N) is 1. The van der Waals surface area contributed by atoms with Crippen LogP contribution in [0.3, 0.4) is 0 Å². The van der Waals surface area contributed by atoms with Gasteiger partial charge in [-0.2, -0.15) is 0 Å². The highest BCUT2D eigenvalue weighted by Crippen LogP contribution is 2.57. The van der Waals surface area contributed by atoms with Gasteiger partial charge in [0.05, 0.1) is 19.3 Å². The van der Waals surface area contributed by atoms with Crippen molar-refractivity contribution in [3.8, 4) is 0 Å². The standard InChI is InChI=1S/C19H35N3O3/c1-3-25-17-12-16(19(17)7-4-8-19)22-18(20-2)21-9-5-10-23-13-15-6-11-24-14-15/h15-17H,3-14H2,1-2H3,(H2,20,21,22). The lowest BCUT2D eigenvalue weighted by Crippen LogP contribution is -2.68. The van der Waals surface area contributed by atoms with Crippen LogP contribution in [0.15, 0.2) is 4.99 Å². The summed E-state index contributed by atoms with van der Waals surface area (Å²) in [6.07, 6.45) is 7.57. The predicted molar refractivity (Wildman–Crippen MR) is 99.0 cm³/mol. The lowest BCUT2D eigenvalue weighted by atomic mass is 9.51. The van der Waals surface area contributed by atoms with Gasteiger partial charge in [-0.15, -0.1) is 0 Å². The fraction of sp³-hybridized carbons (Fsp3) is 0.947. The molecular formula is C19H35N3O3. The summed E-state index contributed by atoms with van der Waals surface area (Å²) in [6, 6.07) is 0.502. The molecule has 0 aromatic heterocycles. The smallest absolute Gasteiger partial charge is 0.191 e. The van der Waals surface area contributed by atoms with Gasteiger partial charge in [-0.3, -0.25) is 4.99 Å². The summed E-state index contributed by atoms with van der Waals surface area (Å²) in [5.41, 5.74) is 0.361. The molecule has 144 valence electrons. The van der Waals surface area contributed by atoms with Crippen molar-refractivity contribution in [2.45, 2.75) is 57.6 Å². The third-order valence-corrected chi connectivity index (χ3v) is 6.11. The lowest BCUT2D eigenvalue weighted by Gasteiger charge is -2.61. The van der Waals surface area contributed by atoms with Gasteiger partial charge in [0.1, 0.15) is 0 Å². The number of aliphatic imine (C=N–C) groups is 1. The van der Waals surface area contributed by atoms with Crippen LogP contribution in [0.5, 0.6) is 0 Å². The molecule has 1 spiro atoms. The van der Waals surface area contributed by atoms with Gasteiger partial charge >= 0.3 is 0 Å². The van der Waals surface area contributed by atoms with Gasteiger partial charge in [0, 0.05) is 50.8 Å². The van der Waals surface area contributed by atoms with Crippen molar-refractivity contribution in [3.63, 3.8) is 0 Å². The maximum atomic E-state index is 5.92. The maximum Gasteiger partial charge on any atom is 0.191 e. The molecule has 25 heavy (non-hydrogen) atoms. The molecule has 0 bridgehead atoms. The van der Waals surface area contributed by atoms with Crippen molar-refractivity contribution >= 4 is 5.96 Å². The SMILES string of the molecule is CCOC1CC(NC(=NC)NCCCOCC2CCOC2)C12CCC2. The molecule has 1 heterocycles. The van der Waals surface area contributed by atoms with Crippen LogP contribution in [0.25, 0.3) is 0 Å². The first-order chi connectivity index (χ1) is 12.3. The highest BCUT2D eigenvalue weighted by molar-refractivity contribution is 5.80. The van der Waals surface area contributed by atoms with Crippen LogP contribution in [-0.2, 0) is 14.2 Å². The van der Waals surface area contributed by atoms with Crippen LogP contribution in [-0.4, -0.2) is 64.7 Å². The molecule has 1 aliphatic heterocycles. The molecule has 0 aromatic rings. The molecule has 0 aromatic carbocycles. The molecule has 2 saturated carbocycles. The van der Waals surface area contributed by atoms with Gasteiger partial charge in [0.25, 0.3) is 0 Å². The monoisotopic (exact) mass is 353 g/mol. The molecule has 3 rings (SSSR count). The normalized spacial score (nSPS) is 30.8. The fourth-order valence-corrected chi connectivity index (χ4v) is 4.35. The summed E-state index contributed by atoms with van der Waals surface area (Å²) < 4.78 is 17.0. The Morgan fingerprint density at radius 1 is 1.36 bits per heavy atom. The van der Waals surface area contributed by atoms with Gasteiger partial charge in [0.2, 0.25) is 0 Å². The minimum absolute atomic E-state index is 0.361. The Bertz CT molecular complexity index is 434. The minimum atomic E-state index is 0.361. The third kappa shape index (κ3) is 4.47. The molecule has 3 aliphatic rings. The molecule has 6 nitrogen and oxygen atoms in total. The summed E-state index contributed by atoms with van der Waals surface area (Å²) in [6.45, 7) is 7.17. The van der Waals surface area contributed by atoms with E-state index in [1.807, 2.05) is 7.05 Å². The lowest BCUT2D eigenvalue weighted by molar-refractivity contribution is -0.168. The Kier molecular flexibility index (Phi) is 6.96. The van der Waals surface area contributed by atoms with E-state index < -0.39 is 0 Å². The zero-order valence-corrected chi connectivity index (χ0v) is 15.9. The molecule has 2 N–H and O–H groups in total. The second-order valence-electron chi connectivity index (χ2n) is 7.62. The summed E-state index contributed by atoms with van der Waals surface area (Å²) in [5.74, 6) is 1.51. The Balaban J connectivity index is 1.29. The summed E-state index contributed by atoms with van der Waals surface area (Å²) in [7, 11) is 1.85. The molecule has 3 unspecified atom stereocenters. The van der Waals surface area contributed by atoms with Crippen LogP contribution in [0, 0.1) is 11.3 Å². The Morgan fingerprint density at radius 3 is 2.88 bits per heavy atom. The van der Waals surface area contributed by atoms with Crippen LogP contribution >= 0.6 is 0 Å². The van der Waals surface area contributed by atoms with Crippen molar-refractivity contribution in [2.24, 2.45) is 16.3 Å². The Labute approximate surface area is 152 Å². The van der Waals surface area contributed by atoms with E-state index in [1.54, 1.807) is 0 Å². The van der Waals surface area contributed by atoms with Crippen molar-refractivity contribution < 1.29 is 14.2 Å². The second kappa shape index (κ2) is 9.19. The topological polar surface area (TPSA) is 64.1 Å². The highest BCUT2D eigenvalue weighted by atomic mass is 16.5. The number of guanidine groups is 1. The Morgan fingerprint density at radius 2 is 2.24 bits per heavy atom. The molecule has 2 aliphatic carbocycles. The van der Waals surface area contributed by atoms with Crippen molar-refractivity contribution in [1.29, 1.82) is 0 Å². The minimum Gasteiger partial charge on any atom is -0.381 e. The first-order valence-electron chi connectivity index (χ1n) is 10.0. The van der Waals surface area contributed by atoms with Crippen molar-refractivity contribution in [3.05, 3.63) is 0 Å². The van der Waals surface area contributed by atoms with Gasteiger partial charge in [-0.1, -0.05) is 6.42 Å². The second-order valence-corrected chi connectivity index (χ2v) is 7.62. The van der Waals surface area contributed by atoms with Crippen molar-refractivity contribution in [2.75, 3.05) is 46.6 Å². The van der Waals surface area contributed by atoms with Crippen molar-refractivity contribution in [1.82, 2.24) is 10.6 Å². The summed E-state index contributed by atoms with van der Waals surface area (Å²) >= 11 is 0. The summed E-state index contributed by atoms with van der Waals surface area (Å²) in [5, 5.41) is 7.04. The van der Waals surface area contributed by atoms with Gasteiger partial charge in [-0.25, -0.2) is 0 Å². The highest BCUT2D eigenvalue weighted by Gasteiger charge is 2.59. The zero-order chi connectivity index (χ0) is 17.5. The third-order valence-electron chi connectivity index (χ3n) is 6.11. The number of hydrogen-bond acceptors (Lipinski definition) is 4. The average molecular weight is 354 g/mol. The molecule has 1 saturated heterocycles. The van der Waals surface area contributed by atoms with E-state index in [-0.39, 0.29) is 0 Å². The molecule has 6 heteroatoms. The zero-order valence-electron chi connectivity index (χ0n) is 15.9. The molecule has 0 radical (unpaired) electrons. The van der Waals surface area contributed by atoms with Gasteiger partial charge in [0.15, 0.2) is 5.96 Å². The van der Waals surface area contributed by atoms with E-state index >= 15 is 0 Å². The van der Waals surface area contributed by atoms with E-state index in [9.17, 15) is 0 Å². The number of hydrogen-bond donors (Lipinski definition) is 2. The van der Waals surface area contributed by atoms with Gasteiger partial charge in [-0.05, 0) is 39.0 Å². The van der Waals surface area contributed by atoms with Crippen LogP contribution in [0.1, 0.15) is 45.4 Å². The fourth-order valence-electron chi connectivity index (χ4n) is 4.35. The molecule has 0 amide bonds. The van der Waals surface area contributed by atoms with E-state index in [1.165, 1.54) is 19.3 Å². The van der Waals surface area contributed by atoms with E-state index in [2.05, 4.69) is 22.5 Å². The van der Waals surface area contributed by atoms with E-state index in [0.29, 0.717) is 23.5 Å². The predicted octanol–water partition coefficient (Wildman–Crippen LogP) is 1.94. The van der Waals surface area contributed by atoms with E-state index in [4.69, 9.17) is 14.2 Å². The first kappa shape index (κ1) is 18.9. The van der Waals surface area contributed by atoms with Crippen LogP contribution < -0.4 is 10.6 Å². The van der Waals surface area contributed by atoms with Gasteiger partial charge < -0.3 is 24.8 Å². The van der Waals surface area contributed by atoms with E-state index in [0.717, 1.165) is 64.8 Å². The molecular weight excluding hydrogens is 318 g/mol. The largest absolute Gasteiger partial charge is 0.381 e.